The Hall–Kier alpha value is -7.62. The summed E-state index contributed by atoms with van der Waals surface area (Å²) in [6, 6.07) is 72.2. The Kier molecular flexibility index (Phi) is 7.33. The van der Waals surface area contributed by atoms with E-state index in [0.29, 0.717) is 0 Å². The molecular formula is C60H42N2O. The van der Waals surface area contributed by atoms with E-state index in [2.05, 4.69) is 197 Å². The number of para-hydroxylation sites is 3. The van der Waals surface area contributed by atoms with Crippen molar-refractivity contribution >= 4 is 65.6 Å². The minimum Gasteiger partial charge on any atom is -0.456 e. The first kappa shape index (κ1) is 35.0. The number of rotatable bonds is 4. The third-order valence-corrected chi connectivity index (χ3v) is 14.7. The van der Waals surface area contributed by atoms with Crippen molar-refractivity contribution in [2.45, 2.75) is 37.5 Å². The fourth-order valence-corrected chi connectivity index (χ4v) is 11.8. The van der Waals surface area contributed by atoms with E-state index < -0.39 is 0 Å². The van der Waals surface area contributed by atoms with Crippen molar-refractivity contribution < 1.29 is 4.42 Å². The van der Waals surface area contributed by atoms with Gasteiger partial charge in [-0.05, 0) is 124 Å². The summed E-state index contributed by atoms with van der Waals surface area (Å²) in [6.07, 6.45) is 6.14. The molecule has 0 atom stereocenters. The molecule has 1 fully saturated rings. The van der Waals surface area contributed by atoms with Gasteiger partial charge in [-0.25, -0.2) is 0 Å². The van der Waals surface area contributed by atoms with E-state index in [4.69, 9.17) is 4.42 Å². The Labute approximate surface area is 365 Å². The Morgan fingerprint density at radius 3 is 1.75 bits per heavy atom. The van der Waals surface area contributed by atoms with Crippen molar-refractivity contribution in [3.8, 4) is 44.8 Å². The van der Waals surface area contributed by atoms with Crippen LogP contribution in [0.3, 0.4) is 0 Å². The third kappa shape index (κ3) is 5.02. The van der Waals surface area contributed by atoms with Crippen LogP contribution in [0, 0.1) is 0 Å². The molecule has 0 N–H and O–H groups in total. The average Bonchev–Trinajstić information content (AvgIpc) is 4.06. The Bertz CT molecular complexity index is 3830. The second-order valence-electron chi connectivity index (χ2n) is 18.0. The van der Waals surface area contributed by atoms with Crippen molar-refractivity contribution in [1.82, 2.24) is 9.13 Å². The molecule has 3 nitrogen and oxygen atoms in total. The zero-order valence-electron chi connectivity index (χ0n) is 34.8. The van der Waals surface area contributed by atoms with Crippen molar-refractivity contribution in [1.29, 1.82) is 0 Å². The van der Waals surface area contributed by atoms with Crippen LogP contribution in [-0.4, -0.2) is 9.13 Å². The summed E-state index contributed by atoms with van der Waals surface area (Å²) in [5.41, 5.74) is 19.8. The molecule has 2 aliphatic rings. The molecule has 3 heteroatoms. The van der Waals surface area contributed by atoms with Gasteiger partial charge in [-0.15, -0.1) is 0 Å². The lowest BCUT2D eigenvalue weighted by Gasteiger charge is -2.36. The van der Waals surface area contributed by atoms with Crippen LogP contribution in [0.15, 0.2) is 199 Å². The van der Waals surface area contributed by atoms with E-state index in [1.54, 1.807) is 0 Å². The zero-order chi connectivity index (χ0) is 41.2. The number of fused-ring (bicyclic) bond motifs is 14. The summed E-state index contributed by atoms with van der Waals surface area (Å²) in [6.45, 7) is 0. The molecule has 14 rings (SSSR count). The van der Waals surface area contributed by atoms with Crippen molar-refractivity contribution in [3.05, 3.63) is 205 Å². The van der Waals surface area contributed by atoms with Crippen LogP contribution < -0.4 is 0 Å². The molecule has 3 aromatic heterocycles. The standard InChI is InChI=1S/C60H42N2O/c1-3-14-38(15-4-1)39-16-13-17-42(32-39)61-54-21-8-5-18-45(54)47-28-25-41(34-56(47)61)40-24-27-44-50-37-57-51(36-53(50)60(52(44)33-40)30-11-2-12-31-60)46-19-6-9-22-55(46)62(57)43-26-29-49-48-20-7-10-23-58(48)63-59(49)35-43/h1,3-10,13-29,32-37H,2,11-12,30-31H2. The second-order valence-corrected chi connectivity index (χ2v) is 18.0. The number of furan rings is 1. The van der Waals surface area contributed by atoms with Gasteiger partial charge in [0.25, 0.3) is 0 Å². The number of benzene rings is 9. The molecule has 1 saturated carbocycles. The van der Waals surface area contributed by atoms with Gasteiger partial charge in [0.2, 0.25) is 0 Å². The van der Waals surface area contributed by atoms with Crippen LogP contribution in [0.5, 0.6) is 0 Å². The summed E-state index contributed by atoms with van der Waals surface area (Å²) in [5.74, 6) is 0. The van der Waals surface area contributed by atoms with Gasteiger partial charge in [0.05, 0.1) is 22.1 Å². The Morgan fingerprint density at radius 1 is 0.333 bits per heavy atom. The fourth-order valence-electron chi connectivity index (χ4n) is 11.8. The smallest absolute Gasteiger partial charge is 0.137 e. The van der Waals surface area contributed by atoms with Crippen molar-refractivity contribution in [2.24, 2.45) is 0 Å². The van der Waals surface area contributed by atoms with Gasteiger partial charge >= 0.3 is 0 Å². The maximum Gasteiger partial charge on any atom is 0.137 e. The van der Waals surface area contributed by atoms with Gasteiger partial charge in [0.1, 0.15) is 11.2 Å². The van der Waals surface area contributed by atoms with Crippen LogP contribution in [0.2, 0.25) is 0 Å². The second kappa shape index (κ2) is 13.2. The fraction of sp³-hybridized carbons (Fsp3) is 0.100. The van der Waals surface area contributed by atoms with Gasteiger partial charge in [0.15, 0.2) is 0 Å². The molecular weight excluding hydrogens is 765 g/mol. The summed E-state index contributed by atoms with van der Waals surface area (Å²) >= 11 is 0. The molecule has 63 heavy (non-hydrogen) atoms. The average molecular weight is 807 g/mol. The number of hydrogen-bond donors (Lipinski definition) is 0. The van der Waals surface area contributed by atoms with Crippen molar-refractivity contribution in [3.63, 3.8) is 0 Å². The highest BCUT2D eigenvalue weighted by molar-refractivity contribution is 6.13. The lowest BCUT2D eigenvalue weighted by molar-refractivity contribution is 0.353. The highest BCUT2D eigenvalue weighted by Gasteiger charge is 2.44. The molecule has 0 unspecified atom stereocenters. The molecule has 9 aromatic carbocycles. The van der Waals surface area contributed by atoms with Crippen LogP contribution in [0.1, 0.15) is 43.2 Å². The number of nitrogens with zero attached hydrogens (tertiary/aromatic N) is 2. The number of aromatic nitrogens is 2. The van der Waals surface area contributed by atoms with Crippen LogP contribution in [-0.2, 0) is 5.41 Å². The van der Waals surface area contributed by atoms with Crippen LogP contribution in [0.25, 0.3) is 110 Å². The number of hydrogen-bond acceptors (Lipinski definition) is 1. The predicted octanol–water partition coefficient (Wildman–Crippen LogP) is 16.3. The molecule has 0 radical (unpaired) electrons. The molecule has 12 aromatic rings. The summed E-state index contributed by atoms with van der Waals surface area (Å²) < 4.78 is 11.4. The van der Waals surface area contributed by atoms with Gasteiger partial charge < -0.3 is 13.6 Å². The van der Waals surface area contributed by atoms with Crippen LogP contribution in [0.4, 0.5) is 0 Å². The maximum absolute atomic E-state index is 6.43. The van der Waals surface area contributed by atoms with Gasteiger partial charge in [-0.2, -0.15) is 0 Å². The van der Waals surface area contributed by atoms with Gasteiger partial charge in [-0.1, -0.05) is 141 Å². The van der Waals surface area contributed by atoms with E-state index in [9.17, 15) is 0 Å². The first-order chi connectivity index (χ1) is 31.2. The highest BCUT2D eigenvalue weighted by Crippen LogP contribution is 2.58. The highest BCUT2D eigenvalue weighted by atomic mass is 16.3. The quantitative estimate of drug-likeness (QED) is 0.174. The summed E-state index contributed by atoms with van der Waals surface area (Å²) in [7, 11) is 0. The molecule has 0 saturated heterocycles. The van der Waals surface area contributed by atoms with E-state index in [-0.39, 0.29) is 5.41 Å². The zero-order valence-corrected chi connectivity index (χ0v) is 34.8. The first-order valence-corrected chi connectivity index (χ1v) is 22.5. The predicted molar refractivity (Wildman–Crippen MR) is 263 cm³/mol. The first-order valence-electron chi connectivity index (χ1n) is 22.5. The Balaban J connectivity index is 0.948. The SMILES string of the molecule is c1ccc(-c2cccc(-n3c4ccccc4c4ccc(-c5ccc6c(c5)C5(CCCCC5)c5cc7c8ccccc8n(-c8ccc9c(c8)oc8ccccc89)c7cc5-6)cc43)c2)cc1. The van der Waals surface area contributed by atoms with E-state index >= 15 is 0 Å². The topological polar surface area (TPSA) is 23.0 Å². The van der Waals surface area contributed by atoms with Gasteiger partial charge in [-0.3, -0.25) is 0 Å². The third-order valence-electron chi connectivity index (χ3n) is 14.7. The molecule has 3 heterocycles. The molecule has 0 amide bonds. The van der Waals surface area contributed by atoms with Crippen LogP contribution >= 0.6 is 0 Å². The minimum absolute atomic E-state index is 0.0135. The molecule has 2 aliphatic carbocycles. The summed E-state index contributed by atoms with van der Waals surface area (Å²) in [5, 5.41) is 7.47. The largest absolute Gasteiger partial charge is 0.456 e. The lowest BCUT2D eigenvalue weighted by atomic mass is 9.67. The van der Waals surface area contributed by atoms with E-state index in [1.807, 2.05) is 6.07 Å². The van der Waals surface area contributed by atoms with Crippen molar-refractivity contribution in [2.75, 3.05) is 0 Å². The monoisotopic (exact) mass is 806 g/mol. The summed E-state index contributed by atoms with van der Waals surface area (Å²) in [4.78, 5) is 0. The molecule has 0 aliphatic heterocycles. The molecule has 298 valence electrons. The van der Waals surface area contributed by atoms with Gasteiger partial charge in [0, 0.05) is 55.2 Å². The normalized spacial score (nSPS) is 14.5. The minimum atomic E-state index is -0.0135. The van der Waals surface area contributed by atoms with E-state index in [0.717, 1.165) is 27.6 Å². The lowest BCUT2D eigenvalue weighted by Crippen LogP contribution is -2.28. The molecule has 0 bridgehead atoms. The van der Waals surface area contributed by atoms with E-state index in [1.165, 1.54) is 126 Å². The maximum atomic E-state index is 6.43. The Morgan fingerprint density at radius 2 is 0.921 bits per heavy atom. The molecule has 1 spiro atoms.